The summed E-state index contributed by atoms with van der Waals surface area (Å²) < 4.78 is 0. The zero-order valence-corrected chi connectivity index (χ0v) is 9.63. The van der Waals surface area contributed by atoms with Crippen LogP contribution < -0.4 is 0 Å². The molecule has 1 saturated heterocycles. The minimum atomic E-state index is -0.284. The molecule has 1 heterocycles. The molecule has 88 valence electrons. The highest BCUT2D eigenvalue weighted by Gasteiger charge is 2.34. The third kappa shape index (κ3) is 2.44. The lowest BCUT2D eigenvalue weighted by molar-refractivity contribution is -0.140. The van der Waals surface area contributed by atoms with E-state index in [1.54, 1.807) is 0 Å². The first kappa shape index (κ1) is 11.6. The predicted octanol–water partition coefficient (Wildman–Crippen LogP) is 1.93. The van der Waals surface area contributed by atoms with E-state index in [2.05, 4.69) is 6.58 Å². The highest BCUT2D eigenvalue weighted by atomic mass is 16.2. The van der Waals surface area contributed by atoms with Crippen LogP contribution in [0.3, 0.4) is 0 Å². The SMILES string of the molecule is C=CC(=O)N1C(=O)CCC1Cc1ccccc1. The predicted molar refractivity (Wildman–Crippen MR) is 65.2 cm³/mol. The summed E-state index contributed by atoms with van der Waals surface area (Å²) in [6.45, 7) is 3.44. The summed E-state index contributed by atoms with van der Waals surface area (Å²) >= 11 is 0. The number of likely N-dealkylation sites (tertiary alicyclic amines) is 1. The van der Waals surface area contributed by atoms with Gasteiger partial charge in [-0.1, -0.05) is 36.9 Å². The maximum absolute atomic E-state index is 11.6. The highest BCUT2D eigenvalue weighted by Crippen LogP contribution is 2.22. The van der Waals surface area contributed by atoms with Crippen LogP contribution in [0.1, 0.15) is 18.4 Å². The Morgan fingerprint density at radius 3 is 2.76 bits per heavy atom. The van der Waals surface area contributed by atoms with Crippen molar-refractivity contribution in [1.29, 1.82) is 0 Å². The largest absolute Gasteiger partial charge is 0.276 e. The molecule has 0 spiro atoms. The van der Waals surface area contributed by atoms with Crippen molar-refractivity contribution in [1.82, 2.24) is 4.90 Å². The molecule has 1 aromatic carbocycles. The van der Waals surface area contributed by atoms with Crippen LogP contribution in [0.2, 0.25) is 0 Å². The molecule has 2 rings (SSSR count). The number of carbonyl (C=O) groups excluding carboxylic acids is 2. The Morgan fingerprint density at radius 2 is 2.12 bits per heavy atom. The van der Waals surface area contributed by atoms with Gasteiger partial charge in [-0.25, -0.2) is 0 Å². The van der Waals surface area contributed by atoms with Crippen molar-refractivity contribution in [2.75, 3.05) is 0 Å². The Balaban J connectivity index is 2.13. The van der Waals surface area contributed by atoms with Gasteiger partial charge in [-0.3, -0.25) is 14.5 Å². The van der Waals surface area contributed by atoms with Crippen LogP contribution in [0.4, 0.5) is 0 Å². The topological polar surface area (TPSA) is 37.4 Å². The van der Waals surface area contributed by atoms with Crippen molar-refractivity contribution in [3.63, 3.8) is 0 Å². The van der Waals surface area contributed by atoms with E-state index in [9.17, 15) is 9.59 Å². The van der Waals surface area contributed by atoms with E-state index in [1.807, 2.05) is 30.3 Å². The van der Waals surface area contributed by atoms with Crippen molar-refractivity contribution in [3.8, 4) is 0 Å². The van der Waals surface area contributed by atoms with E-state index in [-0.39, 0.29) is 17.9 Å². The van der Waals surface area contributed by atoms with Crippen molar-refractivity contribution in [3.05, 3.63) is 48.6 Å². The third-order valence-corrected chi connectivity index (χ3v) is 3.05. The number of rotatable bonds is 3. The summed E-state index contributed by atoms with van der Waals surface area (Å²) in [6.07, 6.45) is 3.14. The zero-order chi connectivity index (χ0) is 12.3. The maximum Gasteiger partial charge on any atom is 0.252 e. The van der Waals surface area contributed by atoms with Gasteiger partial charge in [-0.05, 0) is 24.5 Å². The molecule has 0 bridgehead atoms. The van der Waals surface area contributed by atoms with Crippen LogP contribution in [-0.4, -0.2) is 22.8 Å². The lowest BCUT2D eigenvalue weighted by Gasteiger charge is -2.21. The summed E-state index contributed by atoms with van der Waals surface area (Å²) in [6, 6.07) is 9.89. The van der Waals surface area contributed by atoms with Crippen LogP contribution in [0.5, 0.6) is 0 Å². The van der Waals surface area contributed by atoms with Gasteiger partial charge in [0.2, 0.25) is 5.91 Å². The van der Waals surface area contributed by atoms with Crippen molar-refractivity contribution in [2.45, 2.75) is 25.3 Å². The minimum absolute atomic E-state index is 0.0181. The van der Waals surface area contributed by atoms with Gasteiger partial charge in [-0.15, -0.1) is 0 Å². The van der Waals surface area contributed by atoms with Crippen molar-refractivity contribution >= 4 is 11.8 Å². The summed E-state index contributed by atoms with van der Waals surface area (Å²) in [5.74, 6) is -0.371. The second-order valence-corrected chi connectivity index (χ2v) is 4.19. The van der Waals surface area contributed by atoms with Crippen LogP contribution in [0.15, 0.2) is 43.0 Å². The molecule has 1 fully saturated rings. The van der Waals surface area contributed by atoms with Crippen LogP contribution in [0.25, 0.3) is 0 Å². The molecule has 1 atom stereocenters. The first-order valence-corrected chi connectivity index (χ1v) is 5.74. The van der Waals surface area contributed by atoms with E-state index in [1.165, 1.54) is 11.0 Å². The van der Waals surface area contributed by atoms with Crippen LogP contribution >= 0.6 is 0 Å². The average Bonchev–Trinajstić information content (AvgIpc) is 2.71. The third-order valence-electron chi connectivity index (χ3n) is 3.05. The van der Waals surface area contributed by atoms with Crippen molar-refractivity contribution in [2.24, 2.45) is 0 Å². The Labute approximate surface area is 101 Å². The molecule has 1 aliphatic heterocycles. The molecular formula is C14H15NO2. The fourth-order valence-electron chi connectivity index (χ4n) is 2.22. The number of hydrogen-bond acceptors (Lipinski definition) is 2. The van der Waals surface area contributed by atoms with E-state index in [0.29, 0.717) is 6.42 Å². The van der Waals surface area contributed by atoms with E-state index in [0.717, 1.165) is 18.4 Å². The monoisotopic (exact) mass is 229 g/mol. The number of carbonyl (C=O) groups is 2. The van der Waals surface area contributed by atoms with Gasteiger partial charge >= 0.3 is 0 Å². The second-order valence-electron chi connectivity index (χ2n) is 4.19. The molecule has 1 aliphatic rings. The van der Waals surface area contributed by atoms with E-state index in [4.69, 9.17) is 0 Å². The molecule has 0 radical (unpaired) electrons. The Kier molecular flexibility index (Phi) is 3.38. The standard InChI is InChI=1S/C14H15NO2/c1-2-13(16)15-12(8-9-14(15)17)10-11-6-4-3-5-7-11/h2-7,12H,1,8-10H2. The summed E-state index contributed by atoms with van der Waals surface area (Å²) in [5.41, 5.74) is 1.15. The first-order chi connectivity index (χ1) is 8.22. The number of hydrogen-bond donors (Lipinski definition) is 0. The lowest BCUT2D eigenvalue weighted by atomic mass is 10.0. The van der Waals surface area contributed by atoms with Crippen LogP contribution in [-0.2, 0) is 16.0 Å². The number of benzene rings is 1. The second kappa shape index (κ2) is 4.95. The van der Waals surface area contributed by atoms with Gasteiger partial charge in [0.1, 0.15) is 0 Å². The molecular weight excluding hydrogens is 214 g/mol. The molecule has 0 aromatic heterocycles. The van der Waals surface area contributed by atoms with Gasteiger partial charge in [0.05, 0.1) is 0 Å². The molecule has 0 saturated carbocycles. The summed E-state index contributed by atoms with van der Waals surface area (Å²) in [4.78, 5) is 24.6. The number of amides is 2. The fraction of sp³-hybridized carbons (Fsp3) is 0.286. The molecule has 0 N–H and O–H groups in total. The van der Waals surface area contributed by atoms with Gasteiger partial charge in [0.25, 0.3) is 5.91 Å². The summed E-state index contributed by atoms with van der Waals surface area (Å²) in [7, 11) is 0. The Bertz CT molecular complexity index is 439. The van der Waals surface area contributed by atoms with E-state index < -0.39 is 0 Å². The molecule has 17 heavy (non-hydrogen) atoms. The minimum Gasteiger partial charge on any atom is -0.276 e. The molecule has 0 aliphatic carbocycles. The van der Waals surface area contributed by atoms with Gasteiger partial charge < -0.3 is 0 Å². The first-order valence-electron chi connectivity index (χ1n) is 5.74. The van der Waals surface area contributed by atoms with Gasteiger partial charge in [-0.2, -0.15) is 0 Å². The number of imide groups is 1. The van der Waals surface area contributed by atoms with Crippen LogP contribution in [0, 0.1) is 0 Å². The molecule has 1 unspecified atom stereocenters. The summed E-state index contributed by atoms with van der Waals surface area (Å²) in [5, 5.41) is 0. The smallest absolute Gasteiger partial charge is 0.252 e. The van der Waals surface area contributed by atoms with Gasteiger partial charge in [0.15, 0.2) is 0 Å². The Morgan fingerprint density at radius 1 is 1.41 bits per heavy atom. The van der Waals surface area contributed by atoms with Crippen molar-refractivity contribution < 1.29 is 9.59 Å². The number of nitrogens with zero attached hydrogens (tertiary/aromatic N) is 1. The quantitative estimate of drug-likeness (QED) is 0.743. The molecule has 3 nitrogen and oxygen atoms in total. The maximum atomic E-state index is 11.6. The highest BCUT2D eigenvalue weighted by molar-refractivity contribution is 6.02. The molecule has 1 aromatic rings. The zero-order valence-electron chi connectivity index (χ0n) is 9.63. The molecule has 2 amide bonds. The Hall–Kier alpha value is -1.90. The fourth-order valence-corrected chi connectivity index (χ4v) is 2.22. The van der Waals surface area contributed by atoms with Gasteiger partial charge in [0, 0.05) is 12.5 Å². The normalized spacial score (nSPS) is 19.4. The lowest BCUT2D eigenvalue weighted by Crippen LogP contribution is -2.38. The average molecular weight is 229 g/mol. The molecule has 3 heteroatoms. The van der Waals surface area contributed by atoms with E-state index >= 15 is 0 Å².